The zero-order valence-corrected chi connectivity index (χ0v) is 15.1. The summed E-state index contributed by atoms with van der Waals surface area (Å²) in [7, 11) is -2.58. The van der Waals surface area contributed by atoms with E-state index in [0.29, 0.717) is 0 Å². The average molecular weight is 347 g/mol. The van der Waals surface area contributed by atoms with Crippen molar-refractivity contribution >= 4 is 29.7 Å². The third-order valence-corrected chi connectivity index (χ3v) is 9.85. The number of hydrogen-bond donors (Lipinski definition) is 2. The second kappa shape index (κ2) is 7.36. The summed E-state index contributed by atoms with van der Waals surface area (Å²) in [5, 5.41) is 15.7. The molecule has 3 aromatic rings. The van der Waals surface area contributed by atoms with Crippen LogP contribution in [0.1, 0.15) is 6.92 Å². The molecule has 2 N–H and O–H groups in total. The molecule has 1 atom stereocenters. The van der Waals surface area contributed by atoms with Crippen molar-refractivity contribution in [1.82, 2.24) is 5.32 Å². The summed E-state index contributed by atoms with van der Waals surface area (Å²) in [6.07, 6.45) is -0.993. The van der Waals surface area contributed by atoms with E-state index in [1.165, 1.54) is 15.6 Å². The van der Waals surface area contributed by atoms with Crippen molar-refractivity contribution in [2.75, 3.05) is 0 Å². The molecule has 1 unspecified atom stereocenters. The normalized spacial score (nSPS) is 12.4. The zero-order chi connectivity index (χ0) is 17.7. The molecule has 3 rings (SSSR count). The fourth-order valence-electron chi connectivity index (χ4n) is 3.65. The molecule has 0 fully saturated rings. The number of carboxylic acid groups (broad SMARTS) is 1. The van der Waals surface area contributed by atoms with E-state index in [4.69, 9.17) is 0 Å². The quantitative estimate of drug-likeness (QED) is 0.550. The largest absolute Gasteiger partial charge is 0.465 e. The Balaban J connectivity index is 2.33. The summed E-state index contributed by atoms with van der Waals surface area (Å²) in [5.41, 5.74) is -0.225. The molecule has 0 spiro atoms. The second-order valence-corrected chi connectivity index (χ2v) is 10.3. The Hall–Kier alpha value is -2.85. The molecule has 0 aromatic heterocycles. The molecular weight excluding hydrogens is 326 g/mol. The van der Waals surface area contributed by atoms with Crippen LogP contribution >= 0.6 is 0 Å². The molecule has 4 heteroatoms. The van der Waals surface area contributed by atoms with Gasteiger partial charge in [-0.1, -0.05) is 91.0 Å². The van der Waals surface area contributed by atoms with Crippen LogP contribution in [0.25, 0.3) is 0 Å². The lowest BCUT2D eigenvalue weighted by Crippen LogP contribution is -2.76. The number of amides is 1. The molecule has 0 aliphatic heterocycles. The minimum atomic E-state index is -2.58. The molecule has 0 aliphatic carbocycles. The summed E-state index contributed by atoms with van der Waals surface area (Å²) in [6.45, 7) is 1.98. The van der Waals surface area contributed by atoms with E-state index in [9.17, 15) is 9.90 Å². The first kappa shape index (κ1) is 17.0. The first-order valence-electron chi connectivity index (χ1n) is 8.31. The highest BCUT2D eigenvalue weighted by atomic mass is 28.3. The highest BCUT2D eigenvalue weighted by Gasteiger charge is 2.45. The molecule has 0 radical (unpaired) electrons. The molecule has 0 saturated heterocycles. The van der Waals surface area contributed by atoms with E-state index >= 15 is 0 Å². The zero-order valence-electron chi connectivity index (χ0n) is 14.1. The van der Waals surface area contributed by atoms with Gasteiger partial charge in [-0.25, -0.2) is 4.79 Å². The lowest BCUT2D eigenvalue weighted by molar-refractivity contribution is 0.193. The van der Waals surface area contributed by atoms with Crippen molar-refractivity contribution in [3.8, 4) is 0 Å². The van der Waals surface area contributed by atoms with Gasteiger partial charge in [0.05, 0.1) is 0 Å². The van der Waals surface area contributed by atoms with Crippen LogP contribution in [0.4, 0.5) is 4.79 Å². The Bertz CT molecular complexity index is 726. The van der Waals surface area contributed by atoms with Gasteiger partial charge >= 0.3 is 6.09 Å². The Morgan fingerprint density at radius 1 is 0.760 bits per heavy atom. The van der Waals surface area contributed by atoms with E-state index < -0.39 is 14.2 Å². The Kier molecular flexibility index (Phi) is 5.00. The monoisotopic (exact) mass is 347 g/mol. The van der Waals surface area contributed by atoms with Gasteiger partial charge < -0.3 is 10.4 Å². The smallest absolute Gasteiger partial charge is 0.404 e. The van der Waals surface area contributed by atoms with Crippen molar-refractivity contribution in [3.05, 3.63) is 91.0 Å². The first-order chi connectivity index (χ1) is 12.2. The van der Waals surface area contributed by atoms with Crippen LogP contribution < -0.4 is 20.9 Å². The van der Waals surface area contributed by atoms with Crippen molar-refractivity contribution in [2.24, 2.45) is 0 Å². The van der Waals surface area contributed by atoms with Crippen LogP contribution in [0.15, 0.2) is 91.0 Å². The molecule has 0 aliphatic rings. The van der Waals surface area contributed by atoms with Gasteiger partial charge in [0.1, 0.15) is 0 Å². The number of nitrogens with one attached hydrogen (secondary N) is 1. The summed E-state index contributed by atoms with van der Waals surface area (Å²) >= 11 is 0. The minimum absolute atomic E-state index is 0.225. The van der Waals surface area contributed by atoms with Crippen molar-refractivity contribution in [3.63, 3.8) is 0 Å². The molecule has 0 saturated carbocycles. The average Bonchev–Trinajstić information content (AvgIpc) is 2.64. The van der Waals surface area contributed by atoms with Crippen LogP contribution in [0.2, 0.25) is 0 Å². The summed E-state index contributed by atoms with van der Waals surface area (Å²) in [5.74, 6) is 0. The second-order valence-electron chi connectivity index (χ2n) is 6.08. The topological polar surface area (TPSA) is 49.3 Å². The molecule has 3 nitrogen and oxygen atoms in total. The maximum absolute atomic E-state index is 11.5. The van der Waals surface area contributed by atoms with E-state index in [1.54, 1.807) is 0 Å². The highest BCUT2D eigenvalue weighted by molar-refractivity contribution is 7.12. The van der Waals surface area contributed by atoms with Gasteiger partial charge in [0, 0.05) is 5.67 Å². The van der Waals surface area contributed by atoms with Gasteiger partial charge in [0.2, 0.25) is 0 Å². The number of carbonyl (C=O) groups is 1. The van der Waals surface area contributed by atoms with E-state index in [2.05, 4.69) is 41.7 Å². The maximum atomic E-state index is 11.5. The Labute approximate surface area is 149 Å². The van der Waals surface area contributed by atoms with Gasteiger partial charge in [0.15, 0.2) is 8.07 Å². The highest BCUT2D eigenvalue weighted by Crippen LogP contribution is 2.12. The van der Waals surface area contributed by atoms with Crippen molar-refractivity contribution in [2.45, 2.75) is 12.6 Å². The van der Waals surface area contributed by atoms with Gasteiger partial charge in [0.25, 0.3) is 0 Å². The van der Waals surface area contributed by atoms with Gasteiger partial charge in [-0.15, -0.1) is 0 Å². The molecule has 0 heterocycles. The summed E-state index contributed by atoms with van der Waals surface area (Å²) < 4.78 is 0. The van der Waals surface area contributed by atoms with Crippen LogP contribution in [0.5, 0.6) is 0 Å². The standard InChI is InChI=1S/C21H21NO2Si/c1-17(22-21(23)24)25(18-11-5-2-6-12-18,19-13-7-3-8-14-19)20-15-9-4-10-16-20/h2-17,22H,1H3,(H,23,24). The van der Waals surface area contributed by atoms with Crippen LogP contribution in [0, 0.1) is 0 Å². The van der Waals surface area contributed by atoms with Crippen molar-refractivity contribution < 1.29 is 9.90 Å². The molecule has 0 bridgehead atoms. The molecule has 126 valence electrons. The Morgan fingerprint density at radius 3 is 1.36 bits per heavy atom. The third kappa shape index (κ3) is 3.21. The van der Waals surface area contributed by atoms with E-state index in [1.807, 2.05) is 61.5 Å². The molecule has 3 aromatic carbocycles. The van der Waals surface area contributed by atoms with Crippen LogP contribution in [0.3, 0.4) is 0 Å². The van der Waals surface area contributed by atoms with Gasteiger partial charge in [-0.2, -0.15) is 0 Å². The lowest BCUT2D eigenvalue weighted by atomic mass is 10.3. The number of rotatable bonds is 5. The van der Waals surface area contributed by atoms with E-state index in [-0.39, 0.29) is 5.67 Å². The molecule has 1 amide bonds. The lowest BCUT2D eigenvalue weighted by Gasteiger charge is -2.38. The van der Waals surface area contributed by atoms with Crippen LogP contribution in [-0.2, 0) is 0 Å². The Morgan fingerprint density at radius 2 is 1.08 bits per heavy atom. The number of benzene rings is 3. The fraction of sp³-hybridized carbons (Fsp3) is 0.0952. The van der Waals surface area contributed by atoms with E-state index in [0.717, 1.165) is 0 Å². The summed E-state index contributed by atoms with van der Waals surface area (Å²) in [6, 6.07) is 30.8. The number of hydrogen-bond acceptors (Lipinski definition) is 1. The fourth-order valence-corrected chi connectivity index (χ4v) is 8.64. The predicted octanol–water partition coefficient (Wildman–Crippen LogP) is 2.35. The first-order valence-corrected chi connectivity index (χ1v) is 10.4. The third-order valence-electron chi connectivity index (χ3n) is 4.68. The minimum Gasteiger partial charge on any atom is -0.465 e. The molecular formula is C21H21NO2Si. The van der Waals surface area contributed by atoms with Gasteiger partial charge in [-0.3, -0.25) is 0 Å². The van der Waals surface area contributed by atoms with Crippen LogP contribution in [-0.4, -0.2) is 24.9 Å². The van der Waals surface area contributed by atoms with Crippen molar-refractivity contribution in [1.29, 1.82) is 0 Å². The molecule has 25 heavy (non-hydrogen) atoms. The maximum Gasteiger partial charge on any atom is 0.404 e. The van der Waals surface area contributed by atoms with Gasteiger partial charge in [-0.05, 0) is 22.5 Å². The summed E-state index contributed by atoms with van der Waals surface area (Å²) in [4.78, 5) is 11.5. The SMILES string of the molecule is CC(NC(=O)O)[Si](c1ccccc1)(c1ccccc1)c1ccccc1. The predicted molar refractivity (Wildman–Crippen MR) is 105 cm³/mol.